The molecule has 0 bridgehead atoms. The number of aliphatic carboxylic acids is 1. The normalized spacial score (nSPS) is 12.5. The van der Waals surface area contributed by atoms with Crippen molar-refractivity contribution < 1.29 is 19.4 Å². The zero-order chi connectivity index (χ0) is 15.5. The molecule has 2 heterocycles. The van der Waals surface area contributed by atoms with Crippen molar-refractivity contribution in [2.75, 3.05) is 11.9 Å². The fourth-order valence-corrected chi connectivity index (χ4v) is 3.03. The summed E-state index contributed by atoms with van der Waals surface area (Å²) in [4.78, 5) is 26.7. The first kappa shape index (κ1) is 14.5. The van der Waals surface area contributed by atoms with E-state index in [2.05, 4.69) is 10.3 Å². The number of nitrogens with one attached hydrogen (secondary N) is 1. The number of carboxylic acid groups (broad SMARTS) is 1. The van der Waals surface area contributed by atoms with Crippen molar-refractivity contribution in [1.29, 1.82) is 0 Å². The summed E-state index contributed by atoms with van der Waals surface area (Å²) in [5.41, 5.74) is 2.50. The van der Waals surface area contributed by atoms with E-state index < -0.39 is 5.97 Å². The highest BCUT2D eigenvalue weighted by Gasteiger charge is 2.14. The highest BCUT2D eigenvalue weighted by molar-refractivity contribution is 7.13. The Morgan fingerprint density at radius 1 is 1.36 bits per heavy atom. The molecule has 1 aliphatic heterocycles. The molecule has 0 saturated carbocycles. The average molecular weight is 318 g/mol. The number of ether oxygens (including phenoxy) is 1. The molecule has 22 heavy (non-hydrogen) atoms. The van der Waals surface area contributed by atoms with Gasteiger partial charge in [0.1, 0.15) is 5.75 Å². The fourth-order valence-electron chi connectivity index (χ4n) is 2.30. The van der Waals surface area contributed by atoms with Crippen molar-refractivity contribution in [3.63, 3.8) is 0 Å². The van der Waals surface area contributed by atoms with Crippen molar-refractivity contribution in [2.45, 2.75) is 19.3 Å². The van der Waals surface area contributed by atoms with Gasteiger partial charge in [-0.05, 0) is 17.2 Å². The maximum Gasteiger partial charge on any atom is 0.309 e. The summed E-state index contributed by atoms with van der Waals surface area (Å²) in [6.45, 7) is 0.691. The number of nitrogens with zero attached hydrogens (tertiary/aromatic N) is 1. The minimum atomic E-state index is -0.941. The van der Waals surface area contributed by atoms with Crippen LogP contribution < -0.4 is 10.1 Å². The number of carbonyl (C=O) groups is 2. The highest BCUT2D eigenvalue weighted by atomic mass is 32.1. The third-order valence-corrected chi connectivity index (χ3v) is 4.06. The third-order valence-electron chi connectivity index (χ3n) is 3.25. The van der Waals surface area contributed by atoms with E-state index in [9.17, 15) is 9.59 Å². The summed E-state index contributed by atoms with van der Waals surface area (Å²) < 4.78 is 5.43. The number of amides is 1. The Morgan fingerprint density at radius 2 is 2.23 bits per heavy atom. The molecule has 0 aliphatic carbocycles. The lowest BCUT2D eigenvalue weighted by atomic mass is 10.1. The first-order valence-electron chi connectivity index (χ1n) is 6.81. The van der Waals surface area contributed by atoms with Gasteiger partial charge in [0.15, 0.2) is 5.13 Å². The third kappa shape index (κ3) is 3.43. The van der Waals surface area contributed by atoms with Gasteiger partial charge in [-0.3, -0.25) is 9.59 Å². The van der Waals surface area contributed by atoms with Crippen LogP contribution >= 0.6 is 11.3 Å². The average Bonchev–Trinajstić information content (AvgIpc) is 3.06. The molecule has 1 aromatic heterocycles. The molecule has 7 heteroatoms. The molecule has 6 nitrogen and oxygen atoms in total. The lowest BCUT2D eigenvalue weighted by Crippen LogP contribution is -2.14. The molecule has 2 N–H and O–H groups in total. The largest absolute Gasteiger partial charge is 0.493 e. The number of aromatic nitrogens is 1. The number of fused-ring (bicyclic) bond motifs is 1. The Morgan fingerprint density at radius 3 is 3.05 bits per heavy atom. The van der Waals surface area contributed by atoms with Gasteiger partial charge < -0.3 is 15.2 Å². The van der Waals surface area contributed by atoms with Gasteiger partial charge in [0.2, 0.25) is 5.91 Å². The molecule has 2 aromatic rings. The molecule has 0 spiro atoms. The van der Waals surface area contributed by atoms with Gasteiger partial charge >= 0.3 is 5.97 Å². The molecule has 0 saturated heterocycles. The second-order valence-corrected chi connectivity index (χ2v) is 5.84. The van der Waals surface area contributed by atoms with E-state index in [1.807, 2.05) is 18.2 Å². The van der Waals surface area contributed by atoms with Gasteiger partial charge in [-0.2, -0.15) is 0 Å². The van der Waals surface area contributed by atoms with Gasteiger partial charge in [-0.25, -0.2) is 4.98 Å². The summed E-state index contributed by atoms with van der Waals surface area (Å²) in [6, 6.07) is 5.75. The van der Waals surface area contributed by atoms with E-state index in [0.29, 0.717) is 17.4 Å². The first-order valence-corrected chi connectivity index (χ1v) is 7.69. The predicted octanol–water partition coefficient (Wildman–Crippen LogP) is 1.89. The Hall–Kier alpha value is -2.41. The number of anilines is 1. The number of hydrogen-bond acceptors (Lipinski definition) is 5. The van der Waals surface area contributed by atoms with Crippen LogP contribution in [0.5, 0.6) is 5.75 Å². The van der Waals surface area contributed by atoms with Crippen LogP contribution in [0.25, 0.3) is 0 Å². The predicted molar refractivity (Wildman–Crippen MR) is 81.4 cm³/mol. The van der Waals surface area contributed by atoms with E-state index >= 15 is 0 Å². The number of carboxylic acids is 1. The monoisotopic (exact) mass is 318 g/mol. The van der Waals surface area contributed by atoms with Gasteiger partial charge in [0.05, 0.1) is 25.1 Å². The number of hydrogen-bond donors (Lipinski definition) is 2. The SMILES string of the molecule is O=C(O)Cc1csc(NC(=O)Cc2ccc3c(c2)CCO3)n1. The van der Waals surface area contributed by atoms with Gasteiger partial charge in [0.25, 0.3) is 0 Å². The fraction of sp³-hybridized carbons (Fsp3) is 0.267. The zero-order valence-corrected chi connectivity index (χ0v) is 12.5. The standard InChI is InChI=1S/C15H14N2O4S/c18-13(17-15-16-11(8-22-15)7-14(19)20)6-9-1-2-12-10(5-9)3-4-21-12/h1-2,5,8H,3-4,6-7H2,(H,19,20)(H,16,17,18). The summed E-state index contributed by atoms with van der Waals surface area (Å²) in [5, 5.41) is 13.5. The number of benzene rings is 1. The minimum absolute atomic E-state index is 0.142. The number of rotatable bonds is 5. The van der Waals surface area contributed by atoms with Crippen LogP contribution in [0.2, 0.25) is 0 Å². The Kier molecular flexibility index (Phi) is 4.06. The van der Waals surface area contributed by atoms with Crippen molar-refractivity contribution >= 4 is 28.3 Å². The summed E-state index contributed by atoms with van der Waals surface area (Å²) >= 11 is 1.22. The van der Waals surface area contributed by atoms with Crippen molar-refractivity contribution in [2.24, 2.45) is 0 Å². The molecule has 0 atom stereocenters. The lowest BCUT2D eigenvalue weighted by molar-refractivity contribution is -0.136. The molecule has 1 aliphatic rings. The second-order valence-electron chi connectivity index (χ2n) is 4.98. The molecule has 1 amide bonds. The van der Waals surface area contributed by atoms with Crippen LogP contribution in [0.15, 0.2) is 23.6 Å². The topological polar surface area (TPSA) is 88.5 Å². The molecule has 0 radical (unpaired) electrons. The van der Waals surface area contributed by atoms with Crippen LogP contribution in [0.3, 0.4) is 0 Å². The van der Waals surface area contributed by atoms with Crippen LogP contribution in [0.4, 0.5) is 5.13 Å². The summed E-state index contributed by atoms with van der Waals surface area (Å²) in [6.07, 6.45) is 0.980. The second kappa shape index (κ2) is 6.15. The number of carbonyl (C=O) groups excluding carboxylic acids is 1. The van der Waals surface area contributed by atoms with E-state index in [-0.39, 0.29) is 18.7 Å². The zero-order valence-electron chi connectivity index (χ0n) is 11.7. The molecule has 0 unspecified atom stereocenters. The Labute approximate surface area is 130 Å². The van der Waals surface area contributed by atoms with Gasteiger partial charge in [0, 0.05) is 11.8 Å². The van der Waals surface area contributed by atoms with E-state index in [1.54, 1.807) is 5.38 Å². The van der Waals surface area contributed by atoms with Gasteiger partial charge in [-0.1, -0.05) is 12.1 Å². The Bertz CT molecular complexity index is 726. The minimum Gasteiger partial charge on any atom is -0.493 e. The van der Waals surface area contributed by atoms with Crippen LogP contribution in [-0.2, 0) is 28.9 Å². The van der Waals surface area contributed by atoms with Crippen molar-refractivity contribution in [3.8, 4) is 5.75 Å². The van der Waals surface area contributed by atoms with Crippen LogP contribution in [0, 0.1) is 0 Å². The molecule has 3 rings (SSSR count). The maximum atomic E-state index is 12.0. The van der Waals surface area contributed by atoms with Crippen LogP contribution in [0.1, 0.15) is 16.8 Å². The molecule has 0 fully saturated rings. The quantitative estimate of drug-likeness (QED) is 0.879. The Balaban J connectivity index is 1.60. The summed E-state index contributed by atoms with van der Waals surface area (Å²) in [7, 11) is 0. The molecular formula is C15H14N2O4S. The van der Waals surface area contributed by atoms with Crippen molar-refractivity contribution in [1.82, 2.24) is 4.98 Å². The number of thiazole rings is 1. The van der Waals surface area contributed by atoms with Crippen LogP contribution in [-0.4, -0.2) is 28.6 Å². The summed E-state index contributed by atoms with van der Waals surface area (Å²) in [5.74, 6) is -0.221. The maximum absolute atomic E-state index is 12.0. The lowest BCUT2D eigenvalue weighted by Gasteiger charge is -2.04. The van der Waals surface area contributed by atoms with Crippen molar-refractivity contribution in [3.05, 3.63) is 40.4 Å². The molecular weight excluding hydrogens is 304 g/mol. The molecule has 114 valence electrons. The van der Waals surface area contributed by atoms with E-state index in [1.165, 1.54) is 11.3 Å². The highest BCUT2D eigenvalue weighted by Crippen LogP contribution is 2.26. The van der Waals surface area contributed by atoms with Gasteiger partial charge in [-0.15, -0.1) is 11.3 Å². The van der Waals surface area contributed by atoms with E-state index in [4.69, 9.17) is 9.84 Å². The smallest absolute Gasteiger partial charge is 0.309 e. The first-order chi connectivity index (χ1) is 10.6. The van der Waals surface area contributed by atoms with E-state index in [0.717, 1.165) is 23.3 Å². The molecule has 1 aromatic carbocycles.